The number of carbonyl (C=O) groups excluding carboxylic acids is 1. The topological polar surface area (TPSA) is 79.3 Å². The summed E-state index contributed by atoms with van der Waals surface area (Å²) >= 11 is 0. The van der Waals surface area contributed by atoms with E-state index >= 15 is 4.39 Å². The number of nitrogens with one attached hydrogen (secondary N) is 2. The standard InChI is InChI=1S/C28H32F5N5O2/c1-6-38(12-11-34-26(40)27(30)9-10-27)24-22(29)21-18(13-15(2)14-19(21)25(39)37(24)5)17(4)36-20-8-7-16(3)35-23(20)28(31,32)33/h7-8,13-14,17,36H,6,9-12H2,1-5H3,(H,34,40)/t17-/m1/s1. The molecule has 0 unspecified atom stereocenters. The zero-order valence-electron chi connectivity index (χ0n) is 23.0. The molecule has 1 amide bonds. The van der Waals surface area contributed by atoms with Crippen molar-refractivity contribution in [3.63, 3.8) is 0 Å². The first-order valence-electron chi connectivity index (χ1n) is 13.0. The van der Waals surface area contributed by atoms with Gasteiger partial charge in [0.1, 0.15) is 5.82 Å². The number of nitrogens with zero attached hydrogens (tertiary/aromatic N) is 3. The Hall–Kier alpha value is -3.70. The lowest BCUT2D eigenvalue weighted by Crippen LogP contribution is -2.41. The van der Waals surface area contributed by atoms with E-state index in [1.807, 2.05) is 0 Å². The van der Waals surface area contributed by atoms with Crippen molar-refractivity contribution in [3.8, 4) is 0 Å². The monoisotopic (exact) mass is 565 g/mol. The number of carbonyl (C=O) groups is 1. The van der Waals surface area contributed by atoms with Gasteiger partial charge in [-0.3, -0.25) is 14.2 Å². The Morgan fingerprint density at radius 2 is 1.90 bits per heavy atom. The highest BCUT2D eigenvalue weighted by molar-refractivity contribution is 5.90. The molecule has 1 aliphatic rings. The molecule has 0 bridgehead atoms. The number of aromatic nitrogens is 2. The van der Waals surface area contributed by atoms with Crippen LogP contribution < -0.4 is 21.1 Å². The number of rotatable bonds is 9. The summed E-state index contributed by atoms with van der Waals surface area (Å²) in [5, 5.41) is 5.41. The molecule has 2 aromatic heterocycles. The van der Waals surface area contributed by atoms with E-state index in [0.29, 0.717) is 11.1 Å². The quantitative estimate of drug-likeness (QED) is 0.343. The van der Waals surface area contributed by atoms with Crippen molar-refractivity contribution in [2.45, 2.75) is 58.4 Å². The third-order valence-electron chi connectivity index (χ3n) is 7.17. The highest BCUT2D eigenvalue weighted by Gasteiger charge is 2.50. The summed E-state index contributed by atoms with van der Waals surface area (Å²) in [7, 11) is 1.43. The molecule has 3 aromatic rings. The minimum Gasteiger partial charge on any atom is -0.377 e. The molecule has 0 radical (unpaired) electrons. The fourth-order valence-electron chi connectivity index (χ4n) is 4.87. The molecule has 1 atom stereocenters. The molecule has 1 aliphatic carbocycles. The minimum absolute atomic E-state index is 0.0134. The summed E-state index contributed by atoms with van der Waals surface area (Å²) in [4.78, 5) is 30.6. The van der Waals surface area contributed by atoms with Crippen molar-refractivity contribution in [2.75, 3.05) is 29.9 Å². The van der Waals surface area contributed by atoms with Crippen LogP contribution in [0.3, 0.4) is 0 Å². The Labute approximate surface area is 228 Å². The van der Waals surface area contributed by atoms with Crippen molar-refractivity contribution in [3.05, 3.63) is 63.0 Å². The Morgan fingerprint density at radius 1 is 1.23 bits per heavy atom. The first-order chi connectivity index (χ1) is 18.7. The number of anilines is 2. The summed E-state index contributed by atoms with van der Waals surface area (Å²) in [5.41, 5.74) is -2.55. The summed E-state index contributed by atoms with van der Waals surface area (Å²) in [6.45, 7) is 6.91. The number of fused-ring (bicyclic) bond motifs is 1. The second-order valence-electron chi connectivity index (χ2n) is 10.3. The van der Waals surface area contributed by atoms with Gasteiger partial charge in [0, 0.05) is 43.8 Å². The number of benzene rings is 1. The third kappa shape index (κ3) is 5.62. The van der Waals surface area contributed by atoms with Gasteiger partial charge in [-0.15, -0.1) is 0 Å². The molecule has 12 heteroatoms. The molecule has 0 spiro atoms. The van der Waals surface area contributed by atoms with Gasteiger partial charge in [0.25, 0.3) is 11.5 Å². The molecule has 216 valence electrons. The van der Waals surface area contributed by atoms with E-state index in [1.54, 1.807) is 37.8 Å². The molecule has 2 heterocycles. The van der Waals surface area contributed by atoms with E-state index in [1.165, 1.54) is 30.7 Å². The lowest BCUT2D eigenvalue weighted by Gasteiger charge is -2.28. The van der Waals surface area contributed by atoms with Crippen molar-refractivity contribution < 1.29 is 26.7 Å². The number of alkyl halides is 4. The Kier molecular flexibility index (Phi) is 7.83. The molecule has 40 heavy (non-hydrogen) atoms. The number of halogens is 5. The second kappa shape index (κ2) is 10.7. The maximum atomic E-state index is 16.4. The van der Waals surface area contributed by atoms with Gasteiger partial charge >= 0.3 is 6.18 Å². The van der Waals surface area contributed by atoms with Crippen molar-refractivity contribution >= 4 is 28.2 Å². The molecule has 0 saturated heterocycles. The Bertz CT molecular complexity index is 1510. The summed E-state index contributed by atoms with van der Waals surface area (Å²) in [6, 6.07) is 5.06. The molecule has 4 rings (SSSR count). The second-order valence-corrected chi connectivity index (χ2v) is 10.3. The van der Waals surface area contributed by atoms with Gasteiger partial charge in [-0.1, -0.05) is 6.07 Å². The van der Waals surface area contributed by atoms with E-state index in [-0.39, 0.29) is 60.4 Å². The van der Waals surface area contributed by atoms with E-state index in [2.05, 4.69) is 15.6 Å². The number of pyridine rings is 2. The van der Waals surface area contributed by atoms with E-state index in [9.17, 15) is 27.2 Å². The van der Waals surface area contributed by atoms with Crippen LogP contribution in [0.5, 0.6) is 0 Å². The maximum absolute atomic E-state index is 16.4. The van der Waals surface area contributed by atoms with Crippen molar-refractivity contribution in [2.24, 2.45) is 7.05 Å². The van der Waals surface area contributed by atoms with Crippen LogP contribution in [-0.2, 0) is 18.0 Å². The van der Waals surface area contributed by atoms with Gasteiger partial charge in [0.05, 0.1) is 11.1 Å². The van der Waals surface area contributed by atoms with E-state index in [0.717, 1.165) is 0 Å². The molecule has 2 N–H and O–H groups in total. The van der Waals surface area contributed by atoms with Gasteiger partial charge in [0.15, 0.2) is 17.2 Å². The van der Waals surface area contributed by atoms with Crippen LogP contribution >= 0.6 is 0 Å². The van der Waals surface area contributed by atoms with Crippen LogP contribution in [0.2, 0.25) is 0 Å². The van der Waals surface area contributed by atoms with Gasteiger partial charge in [-0.05, 0) is 69.9 Å². The zero-order valence-corrected chi connectivity index (χ0v) is 23.0. The third-order valence-corrected chi connectivity index (χ3v) is 7.17. The maximum Gasteiger partial charge on any atom is 0.435 e. The average molecular weight is 566 g/mol. The SMILES string of the molecule is CCN(CCNC(=O)C1(F)CC1)c1c(F)c2c([C@@H](C)Nc3ccc(C)nc3C(F)(F)F)cc(C)cc2c(=O)n1C. The Balaban J connectivity index is 1.75. The molecule has 0 aliphatic heterocycles. The smallest absolute Gasteiger partial charge is 0.377 e. The molecule has 1 aromatic carbocycles. The van der Waals surface area contributed by atoms with Crippen LogP contribution in [0.25, 0.3) is 10.8 Å². The van der Waals surface area contributed by atoms with Crippen LogP contribution in [0.15, 0.2) is 29.1 Å². The van der Waals surface area contributed by atoms with Crippen LogP contribution in [0, 0.1) is 19.7 Å². The lowest BCUT2D eigenvalue weighted by molar-refractivity contribution is -0.140. The number of aryl methyl sites for hydroxylation is 2. The summed E-state index contributed by atoms with van der Waals surface area (Å²) < 4.78 is 72.6. The van der Waals surface area contributed by atoms with Crippen molar-refractivity contribution in [1.82, 2.24) is 14.9 Å². The number of likely N-dealkylation sites (N-methyl/N-ethyl adjacent to an activating group) is 1. The Morgan fingerprint density at radius 3 is 2.50 bits per heavy atom. The minimum atomic E-state index is -4.71. The first kappa shape index (κ1) is 29.3. The van der Waals surface area contributed by atoms with Gasteiger partial charge < -0.3 is 15.5 Å². The summed E-state index contributed by atoms with van der Waals surface area (Å²) in [5.74, 6) is -1.48. The van der Waals surface area contributed by atoms with Gasteiger partial charge in [-0.2, -0.15) is 13.2 Å². The number of hydrogen-bond acceptors (Lipinski definition) is 5. The average Bonchev–Trinajstić information content (AvgIpc) is 3.64. The number of hydrogen-bond donors (Lipinski definition) is 2. The van der Waals surface area contributed by atoms with Gasteiger partial charge in [-0.25, -0.2) is 13.8 Å². The largest absolute Gasteiger partial charge is 0.435 e. The molecule has 1 saturated carbocycles. The highest BCUT2D eigenvalue weighted by atomic mass is 19.4. The number of amides is 1. The van der Waals surface area contributed by atoms with Crippen LogP contribution in [0.4, 0.5) is 33.5 Å². The normalized spacial score (nSPS) is 15.2. The predicted octanol–water partition coefficient (Wildman–Crippen LogP) is 5.33. The summed E-state index contributed by atoms with van der Waals surface area (Å²) in [6.07, 6.45) is -4.38. The van der Waals surface area contributed by atoms with E-state index in [4.69, 9.17) is 0 Å². The zero-order chi connectivity index (χ0) is 29.6. The highest BCUT2D eigenvalue weighted by Crippen LogP contribution is 2.40. The molecular weight excluding hydrogens is 533 g/mol. The van der Waals surface area contributed by atoms with E-state index < -0.39 is 40.9 Å². The first-order valence-corrected chi connectivity index (χ1v) is 13.0. The van der Waals surface area contributed by atoms with Gasteiger partial charge in [0.2, 0.25) is 0 Å². The molecular formula is C28H32F5N5O2. The van der Waals surface area contributed by atoms with Crippen molar-refractivity contribution in [1.29, 1.82) is 0 Å². The lowest BCUT2D eigenvalue weighted by atomic mass is 9.96. The van der Waals surface area contributed by atoms with Crippen LogP contribution in [0.1, 0.15) is 55.2 Å². The van der Waals surface area contributed by atoms with Crippen LogP contribution in [-0.4, -0.2) is 40.8 Å². The molecule has 7 nitrogen and oxygen atoms in total. The fraction of sp³-hybridized carbons (Fsp3) is 0.464. The molecule has 1 fully saturated rings. The predicted molar refractivity (Wildman–Crippen MR) is 144 cm³/mol. The fourth-order valence-corrected chi connectivity index (χ4v) is 4.87.